The second-order valence-corrected chi connectivity index (χ2v) is 11.3. The Hall–Kier alpha value is -3.24. The number of hydrogen-bond acceptors (Lipinski definition) is 2. The lowest BCUT2D eigenvalue weighted by molar-refractivity contribution is -0.946. The summed E-state index contributed by atoms with van der Waals surface area (Å²) in [5, 5.41) is 13.1. The van der Waals surface area contributed by atoms with Gasteiger partial charge in [-0.15, -0.1) is 0 Å². The molecule has 1 N–H and O–H groups in total. The van der Waals surface area contributed by atoms with Gasteiger partial charge in [0, 0.05) is 24.7 Å². The standard InChI is InChI=1S/C35H38NO2/c37-35(31-16-8-3-9-17-31,33-19-11-10-18-32(33)30-14-6-2-7-15-30)34-20-23-36(24-21-34,25-22-34)26-27-38-28-29-12-4-1-5-13-29/h1-19,37H,20-28H2/q+1. The monoisotopic (exact) mass is 504 g/mol. The van der Waals surface area contributed by atoms with Gasteiger partial charge in [0.25, 0.3) is 0 Å². The highest BCUT2D eigenvalue weighted by atomic mass is 16.5. The van der Waals surface area contributed by atoms with E-state index in [4.69, 9.17) is 4.74 Å². The van der Waals surface area contributed by atoms with E-state index < -0.39 is 5.60 Å². The van der Waals surface area contributed by atoms with Crippen LogP contribution in [0, 0.1) is 5.41 Å². The molecule has 38 heavy (non-hydrogen) atoms. The Morgan fingerprint density at radius 1 is 0.684 bits per heavy atom. The first kappa shape index (κ1) is 25.1. The van der Waals surface area contributed by atoms with E-state index >= 15 is 0 Å². The first-order valence-electron chi connectivity index (χ1n) is 14.0. The molecule has 3 fully saturated rings. The first-order chi connectivity index (χ1) is 18.6. The van der Waals surface area contributed by atoms with Crippen LogP contribution in [-0.2, 0) is 16.9 Å². The van der Waals surface area contributed by atoms with Gasteiger partial charge in [-0.25, -0.2) is 0 Å². The fourth-order valence-electron chi connectivity index (χ4n) is 7.06. The number of aliphatic hydroxyl groups is 1. The van der Waals surface area contributed by atoms with Crippen LogP contribution in [0.3, 0.4) is 0 Å². The van der Waals surface area contributed by atoms with Crippen LogP contribution in [0.1, 0.15) is 36.0 Å². The van der Waals surface area contributed by atoms with Gasteiger partial charge in [-0.2, -0.15) is 0 Å². The van der Waals surface area contributed by atoms with Crippen LogP contribution in [0.5, 0.6) is 0 Å². The normalized spacial score (nSPS) is 24.1. The minimum absolute atomic E-state index is 0.190. The molecule has 0 aromatic heterocycles. The first-order valence-corrected chi connectivity index (χ1v) is 14.0. The summed E-state index contributed by atoms with van der Waals surface area (Å²) in [4.78, 5) is 0. The number of quaternary nitrogens is 1. The molecule has 1 atom stereocenters. The van der Waals surface area contributed by atoms with Gasteiger partial charge in [0.2, 0.25) is 0 Å². The maximum Gasteiger partial charge on any atom is 0.121 e. The van der Waals surface area contributed by atoms with Crippen LogP contribution < -0.4 is 0 Å². The van der Waals surface area contributed by atoms with Crippen molar-refractivity contribution in [2.75, 3.05) is 32.8 Å². The van der Waals surface area contributed by atoms with Gasteiger partial charge in [-0.1, -0.05) is 115 Å². The Morgan fingerprint density at radius 3 is 1.89 bits per heavy atom. The lowest BCUT2D eigenvalue weighted by Gasteiger charge is -2.60. The Balaban J connectivity index is 1.27. The predicted molar refractivity (Wildman–Crippen MR) is 153 cm³/mol. The molecule has 0 aliphatic carbocycles. The number of hydrogen-bond donors (Lipinski definition) is 1. The molecule has 3 heterocycles. The molecule has 0 spiro atoms. The molecule has 194 valence electrons. The van der Waals surface area contributed by atoms with Crippen molar-refractivity contribution in [3.05, 3.63) is 132 Å². The van der Waals surface area contributed by atoms with Crippen LogP contribution in [0.4, 0.5) is 0 Å². The lowest BCUT2D eigenvalue weighted by atomic mass is 9.55. The summed E-state index contributed by atoms with van der Waals surface area (Å²) in [6.07, 6.45) is 3.04. The molecular weight excluding hydrogens is 466 g/mol. The molecule has 0 radical (unpaired) electrons. The van der Waals surface area contributed by atoms with Gasteiger partial charge in [-0.3, -0.25) is 0 Å². The fraction of sp³-hybridized carbons (Fsp3) is 0.314. The molecule has 0 amide bonds. The van der Waals surface area contributed by atoms with Gasteiger partial charge in [-0.05, 0) is 27.8 Å². The van der Waals surface area contributed by atoms with E-state index in [1.54, 1.807) is 0 Å². The van der Waals surface area contributed by atoms with Crippen LogP contribution in [0.25, 0.3) is 11.1 Å². The molecule has 3 aliphatic rings. The van der Waals surface area contributed by atoms with Gasteiger partial charge < -0.3 is 14.3 Å². The molecule has 0 saturated carbocycles. The lowest BCUT2D eigenvalue weighted by Crippen LogP contribution is -2.67. The second kappa shape index (κ2) is 10.5. The van der Waals surface area contributed by atoms with Gasteiger partial charge in [0.05, 0.1) is 32.8 Å². The minimum atomic E-state index is -1.05. The largest absolute Gasteiger partial charge is 0.380 e. The Labute approximate surface area is 226 Å². The van der Waals surface area contributed by atoms with E-state index in [0.29, 0.717) is 6.61 Å². The van der Waals surface area contributed by atoms with Crippen molar-refractivity contribution in [1.29, 1.82) is 0 Å². The van der Waals surface area contributed by atoms with Crippen molar-refractivity contribution in [2.24, 2.45) is 5.41 Å². The fourth-order valence-corrected chi connectivity index (χ4v) is 7.06. The highest BCUT2D eigenvalue weighted by Gasteiger charge is 2.60. The number of piperidine rings is 3. The zero-order chi connectivity index (χ0) is 25.9. The Bertz CT molecular complexity index is 1310. The minimum Gasteiger partial charge on any atom is -0.380 e. The van der Waals surface area contributed by atoms with Gasteiger partial charge in [0.1, 0.15) is 12.1 Å². The molecule has 1 unspecified atom stereocenters. The maximum atomic E-state index is 13.1. The van der Waals surface area contributed by atoms with Crippen molar-refractivity contribution in [2.45, 2.75) is 31.5 Å². The summed E-state index contributed by atoms with van der Waals surface area (Å²) in [5.74, 6) is 0. The summed E-state index contributed by atoms with van der Waals surface area (Å²) >= 11 is 0. The average Bonchev–Trinajstić information content (AvgIpc) is 3.01. The third-order valence-corrected chi connectivity index (χ3v) is 9.38. The molecule has 7 rings (SSSR count). The Kier molecular flexibility index (Phi) is 6.92. The van der Waals surface area contributed by atoms with Crippen LogP contribution in [-0.4, -0.2) is 42.4 Å². The zero-order valence-electron chi connectivity index (χ0n) is 22.1. The highest BCUT2D eigenvalue weighted by molar-refractivity contribution is 5.70. The molecule has 3 saturated heterocycles. The third kappa shape index (κ3) is 4.49. The SMILES string of the molecule is OC(c1ccccc1)(c1ccccc1-c1ccccc1)C12CC[N+](CCOCc3ccccc3)(CC1)CC2. The summed E-state index contributed by atoms with van der Waals surface area (Å²) in [7, 11) is 0. The molecule has 3 heteroatoms. The summed E-state index contributed by atoms with van der Waals surface area (Å²) in [6.45, 7) is 5.79. The van der Waals surface area contributed by atoms with Crippen molar-refractivity contribution in [3.8, 4) is 11.1 Å². The van der Waals surface area contributed by atoms with Crippen molar-refractivity contribution >= 4 is 0 Å². The number of fused-ring (bicyclic) bond motifs is 3. The van der Waals surface area contributed by atoms with Crippen molar-refractivity contribution in [1.82, 2.24) is 0 Å². The van der Waals surface area contributed by atoms with E-state index in [0.717, 1.165) is 78.8 Å². The van der Waals surface area contributed by atoms with E-state index in [2.05, 4.69) is 103 Å². The van der Waals surface area contributed by atoms with E-state index in [1.807, 2.05) is 12.1 Å². The number of nitrogens with zero attached hydrogens (tertiary/aromatic N) is 1. The molecule has 2 bridgehead atoms. The molecule has 3 aliphatic heterocycles. The van der Waals surface area contributed by atoms with Crippen LogP contribution in [0.2, 0.25) is 0 Å². The van der Waals surface area contributed by atoms with Gasteiger partial charge in [0.15, 0.2) is 0 Å². The number of ether oxygens (including phenoxy) is 1. The van der Waals surface area contributed by atoms with Crippen LogP contribution >= 0.6 is 0 Å². The topological polar surface area (TPSA) is 29.5 Å². The smallest absolute Gasteiger partial charge is 0.121 e. The van der Waals surface area contributed by atoms with Crippen LogP contribution in [0.15, 0.2) is 115 Å². The number of rotatable bonds is 9. The van der Waals surface area contributed by atoms with E-state index in [1.165, 1.54) is 5.56 Å². The summed E-state index contributed by atoms with van der Waals surface area (Å²) < 4.78 is 7.21. The van der Waals surface area contributed by atoms with Crippen molar-refractivity contribution < 1.29 is 14.3 Å². The molecule has 4 aromatic carbocycles. The summed E-state index contributed by atoms with van der Waals surface area (Å²) in [5.41, 5.74) is 4.31. The third-order valence-electron chi connectivity index (χ3n) is 9.38. The quantitative estimate of drug-likeness (QED) is 0.200. The van der Waals surface area contributed by atoms with E-state index in [-0.39, 0.29) is 5.41 Å². The molecule has 4 aromatic rings. The molecule has 3 nitrogen and oxygen atoms in total. The maximum absolute atomic E-state index is 13.1. The average molecular weight is 505 g/mol. The number of benzene rings is 4. The zero-order valence-corrected chi connectivity index (χ0v) is 22.1. The van der Waals surface area contributed by atoms with Crippen molar-refractivity contribution in [3.63, 3.8) is 0 Å². The second-order valence-electron chi connectivity index (χ2n) is 11.3. The predicted octanol–water partition coefficient (Wildman–Crippen LogP) is 6.81. The Morgan fingerprint density at radius 2 is 1.24 bits per heavy atom. The molecular formula is C35H38NO2+. The van der Waals surface area contributed by atoms with Gasteiger partial charge >= 0.3 is 0 Å². The summed E-state index contributed by atoms with van der Waals surface area (Å²) in [6, 6.07) is 39.9. The highest BCUT2D eigenvalue weighted by Crippen LogP contribution is 2.58. The van der Waals surface area contributed by atoms with E-state index in [9.17, 15) is 5.11 Å².